The third-order valence-corrected chi connectivity index (χ3v) is 5.35. The first-order valence-electron chi connectivity index (χ1n) is 8.20. The highest BCUT2D eigenvalue weighted by Gasteiger charge is 2.41. The number of hydrogen-bond donors (Lipinski definition) is 2. The van der Waals surface area contributed by atoms with E-state index in [0.717, 1.165) is 0 Å². The summed E-state index contributed by atoms with van der Waals surface area (Å²) in [6.45, 7) is 5.86. The van der Waals surface area contributed by atoms with Gasteiger partial charge >= 0.3 is 6.09 Å². The van der Waals surface area contributed by atoms with Gasteiger partial charge in [-0.15, -0.1) is 11.3 Å². The Hall–Kier alpha value is -2.32. The summed E-state index contributed by atoms with van der Waals surface area (Å²) >= 11 is 7.49. The lowest BCUT2D eigenvalue weighted by Crippen LogP contribution is -2.48. The number of halogens is 1. The third kappa shape index (κ3) is 4.01. The number of ether oxygens (including phenoxy) is 2. The van der Waals surface area contributed by atoms with Gasteiger partial charge < -0.3 is 19.9 Å². The molecule has 0 bridgehead atoms. The fourth-order valence-corrected chi connectivity index (χ4v) is 4.16. The Bertz CT molecular complexity index is 863. The van der Waals surface area contributed by atoms with E-state index in [1.807, 2.05) is 20.8 Å². The third-order valence-electron chi connectivity index (χ3n) is 4.28. The Morgan fingerprint density at radius 2 is 2.07 bits per heavy atom. The number of nitrogens with zero attached hydrogens (tertiary/aromatic N) is 1. The predicted molar refractivity (Wildman–Crippen MR) is 101 cm³/mol. The van der Waals surface area contributed by atoms with Gasteiger partial charge in [0.25, 0.3) is 0 Å². The van der Waals surface area contributed by atoms with Crippen LogP contribution in [0.1, 0.15) is 42.1 Å². The van der Waals surface area contributed by atoms with E-state index >= 15 is 0 Å². The number of fused-ring (bicyclic) bond motifs is 1. The Morgan fingerprint density at radius 1 is 1.33 bits per heavy atom. The monoisotopic (exact) mass is 410 g/mol. The predicted octanol–water partition coefficient (Wildman–Crippen LogP) is 4.17. The summed E-state index contributed by atoms with van der Waals surface area (Å²) in [5.41, 5.74) is 0.206. The van der Waals surface area contributed by atoms with Crippen molar-refractivity contribution in [2.45, 2.75) is 32.7 Å². The number of carbonyl (C=O) groups is 2. The van der Waals surface area contributed by atoms with Crippen LogP contribution in [0.15, 0.2) is 23.7 Å². The summed E-state index contributed by atoms with van der Waals surface area (Å²) in [6.07, 6.45) is 0.227. The molecule has 1 unspecified atom stereocenters. The molecule has 7 nitrogen and oxygen atoms in total. The van der Waals surface area contributed by atoms with E-state index in [9.17, 15) is 14.7 Å². The number of hydrogen-bond acceptors (Lipinski definition) is 6. The molecule has 2 heterocycles. The Labute approximate surface area is 165 Å². The first-order chi connectivity index (χ1) is 12.7. The van der Waals surface area contributed by atoms with Crippen LogP contribution < -0.4 is 14.8 Å². The largest absolute Gasteiger partial charge is 0.465 e. The van der Waals surface area contributed by atoms with Crippen LogP contribution in [0.4, 0.5) is 4.79 Å². The number of benzene rings is 1. The van der Waals surface area contributed by atoms with E-state index in [1.54, 1.807) is 17.5 Å². The molecule has 144 valence electrons. The van der Waals surface area contributed by atoms with Crippen molar-refractivity contribution in [1.82, 2.24) is 10.3 Å². The minimum absolute atomic E-state index is 0.0630. The summed E-state index contributed by atoms with van der Waals surface area (Å²) < 4.78 is 10.8. The molecule has 1 aliphatic heterocycles. The molecule has 0 fully saturated rings. The number of Topliss-reactive ketones (excluding diaryl/α,β-unsaturated/α-hetero) is 1. The second kappa shape index (κ2) is 7.36. The number of thiazole rings is 1. The Morgan fingerprint density at radius 3 is 2.67 bits per heavy atom. The molecule has 0 radical (unpaired) electrons. The average molecular weight is 411 g/mol. The molecule has 1 amide bonds. The number of aromatic nitrogens is 1. The van der Waals surface area contributed by atoms with Gasteiger partial charge in [-0.2, -0.15) is 0 Å². The summed E-state index contributed by atoms with van der Waals surface area (Å²) in [6, 6.07) is 2.40. The first kappa shape index (κ1) is 19.4. The number of rotatable bonds is 5. The van der Waals surface area contributed by atoms with Crippen molar-refractivity contribution < 1.29 is 24.2 Å². The molecule has 9 heteroatoms. The number of amides is 1. The van der Waals surface area contributed by atoms with Gasteiger partial charge in [-0.25, -0.2) is 9.78 Å². The van der Waals surface area contributed by atoms with E-state index in [0.29, 0.717) is 22.1 Å². The lowest BCUT2D eigenvalue weighted by atomic mass is 9.71. The molecule has 0 spiro atoms. The zero-order valence-electron chi connectivity index (χ0n) is 15.0. The highest BCUT2D eigenvalue weighted by molar-refractivity contribution is 7.11. The van der Waals surface area contributed by atoms with Gasteiger partial charge in [-0.05, 0) is 23.1 Å². The van der Waals surface area contributed by atoms with Gasteiger partial charge in [0.15, 0.2) is 16.5 Å². The van der Waals surface area contributed by atoms with Crippen LogP contribution in [0.3, 0.4) is 0 Å². The standard InChI is InChI=1S/C18H19ClN2O5S/c1-18(2,3)12(9-6-10(19)15-11(7-9)25-8-26-15)13(21-17(23)24)14(22)16-20-4-5-27-16/h4-7,12-13,21H,8H2,1-3H3,(H,23,24)/t12-,13?/m0/s1. The van der Waals surface area contributed by atoms with Gasteiger partial charge in [-0.1, -0.05) is 32.4 Å². The number of nitrogens with one attached hydrogen (secondary N) is 1. The normalized spacial score (nSPS) is 15.3. The van der Waals surface area contributed by atoms with Crippen molar-refractivity contribution in [3.8, 4) is 11.5 Å². The van der Waals surface area contributed by atoms with Crippen LogP contribution in [-0.2, 0) is 0 Å². The highest BCUT2D eigenvalue weighted by atomic mass is 35.5. The number of carboxylic acid groups (broad SMARTS) is 1. The van der Waals surface area contributed by atoms with Crippen molar-refractivity contribution in [1.29, 1.82) is 0 Å². The summed E-state index contributed by atoms with van der Waals surface area (Å²) in [4.78, 5) is 28.5. The fraction of sp³-hybridized carbons (Fsp3) is 0.389. The molecular formula is C18H19ClN2O5S. The van der Waals surface area contributed by atoms with Gasteiger partial charge in [0.1, 0.15) is 6.04 Å². The van der Waals surface area contributed by atoms with E-state index < -0.39 is 23.5 Å². The molecule has 3 rings (SSSR count). The lowest BCUT2D eigenvalue weighted by Gasteiger charge is -2.36. The van der Waals surface area contributed by atoms with Crippen LogP contribution >= 0.6 is 22.9 Å². The summed E-state index contributed by atoms with van der Waals surface area (Å²) in [5.74, 6) is 0.0164. The quantitative estimate of drug-likeness (QED) is 0.718. The first-order valence-corrected chi connectivity index (χ1v) is 9.46. The fourth-order valence-electron chi connectivity index (χ4n) is 3.27. The average Bonchev–Trinajstić information content (AvgIpc) is 3.23. The topological polar surface area (TPSA) is 97.8 Å². The maximum Gasteiger partial charge on any atom is 0.405 e. The van der Waals surface area contributed by atoms with E-state index in [-0.39, 0.29) is 17.6 Å². The van der Waals surface area contributed by atoms with Crippen LogP contribution in [0, 0.1) is 5.41 Å². The zero-order chi connectivity index (χ0) is 19.8. The molecule has 0 saturated carbocycles. The molecule has 1 aromatic heterocycles. The summed E-state index contributed by atoms with van der Waals surface area (Å²) in [7, 11) is 0. The van der Waals surface area contributed by atoms with Crippen molar-refractivity contribution in [2.24, 2.45) is 5.41 Å². The van der Waals surface area contributed by atoms with E-state index in [1.165, 1.54) is 17.5 Å². The van der Waals surface area contributed by atoms with Crippen LogP contribution in [0.2, 0.25) is 5.02 Å². The number of carbonyl (C=O) groups excluding carboxylic acids is 1. The van der Waals surface area contributed by atoms with Crippen LogP contribution in [0.5, 0.6) is 11.5 Å². The molecular weight excluding hydrogens is 392 g/mol. The molecule has 27 heavy (non-hydrogen) atoms. The molecule has 2 atom stereocenters. The van der Waals surface area contributed by atoms with Crippen molar-refractivity contribution >= 4 is 34.8 Å². The SMILES string of the molecule is CC(C)(C)[C@@H](c1cc(Cl)c2c(c1)OCO2)C(NC(=O)O)C(=O)c1nccs1. The molecule has 2 N–H and O–H groups in total. The maximum atomic E-state index is 13.1. The van der Waals surface area contributed by atoms with Crippen LogP contribution in [0.25, 0.3) is 0 Å². The highest BCUT2D eigenvalue weighted by Crippen LogP contribution is 2.46. The van der Waals surface area contributed by atoms with E-state index in [4.69, 9.17) is 21.1 Å². The molecule has 0 saturated heterocycles. The Kier molecular flexibility index (Phi) is 5.30. The molecule has 2 aromatic rings. The lowest BCUT2D eigenvalue weighted by molar-refractivity contribution is 0.0881. The van der Waals surface area contributed by atoms with Gasteiger partial charge in [0.2, 0.25) is 12.6 Å². The molecule has 0 aliphatic carbocycles. The zero-order valence-corrected chi connectivity index (χ0v) is 16.6. The van der Waals surface area contributed by atoms with Gasteiger partial charge in [-0.3, -0.25) is 4.79 Å². The smallest absolute Gasteiger partial charge is 0.405 e. The summed E-state index contributed by atoms with van der Waals surface area (Å²) in [5, 5.41) is 14.0. The van der Waals surface area contributed by atoms with E-state index in [2.05, 4.69) is 10.3 Å². The Balaban J connectivity index is 2.10. The second-order valence-corrected chi connectivity index (χ2v) is 8.51. The maximum absolute atomic E-state index is 13.1. The minimum Gasteiger partial charge on any atom is -0.465 e. The van der Waals surface area contributed by atoms with Crippen molar-refractivity contribution in [3.05, 3.63) is 39.3 Å². The number of ketones is 1. The minimum atomic E-state index is -1.29. The molecule has 1 aliphatic rings. The second-order valence-electron chi connectivity index (χ2n) is 7.21. The van der Waals surface area contributed by atoms with Gasteiger partial charge in [0, 0.05) is 17.5 Å². The van der Waals surface area contributed by atoms with Gasteiger partial charge in [0.05, 0.1) is 5.02 Å². The van der Waals surface area contributed by atoms with Crippen molar-refractivity contribution in [3.63, 3.8) is 0 Å². The molecule has 1 aromatic carbocycles. The van der Waals surface area contributed by atoms with Crippen molar-refractivity contribution in [2.75, 3.05) is 6.79 Å². The van der Waals surface area contributed by atoms with Crippen LogP contribution in [-0.4, -0.2) is 34.8 Å².